The average Bonchev–Trinajstić information content (AvgIpc) is 3.58. The summed E-state index contributed by atoms with van der Waals surface area (Å²) in [5, 5.41) is 20.5. The highest BCUT2D eigenvalue weighted by atomic mass is 19.2. The Morgan fingerprint density at radius 2 is 1.86 bits per heavy atom. The van der Waals surface area contributed by atoms with Gasteiger partial charge in [0.15, 0.2) is 17.5 Å². The van der Waals surface area contributed by atoms with Gasteiger partial charge in [0.05, 0.1) is 5.56 Å². The molecule has 36 heavy (non-hydrogen) atoms. The van der Waals surface area contributed by atoms with Gasteiger partial charge in [-0.15, -0.1) is 5.10 Å². The number of hydrogen-bond donors (Lipinski definition) is 3. The van der Waals surface area contributed by atoms with E-state index in [4.69, 9.17) is 0 Å². The van der Waals surface area contributed by atoms with Gasteiger partial charge >= 0.3 is 6.03 Å². The van der Waals surface area contributed by atoms with Gasteiger partial charge in [0.1, 0.15) is 11.5 Å². The zero-order chi connectivity index (χ0) is 25.1. The van der Waals surface area contributed by atoms with Crippen molar-refractivity contribution in [1.29, 1.82) is 0 Å². The van der Waals surface area contributed by atoms with Gasteiger partial charge in [-0.2, -0.15) is 4.68 Å². The highest BCUT2D eigenvalue weighted by Gasteiger charge is 2.20. The molecule has 0 unspecified atom stereocenters. The van der Waals surface area contributed by atoms with Crippen molar-refractivity contribution in [1.82, 2.24) is 30.5 Å². The second-order valence-electron chi connectivity index (χ2n) is 8.52. The smallest absolute Gasteiger partial charge is 0.319 e. The number of nitrogens with one attached hydrogen (secondary N) is 3. The Bertz CT molecular complexity index is 1400. The maximum atomic E-state index is 14.5. The Balaban J connectivity index is 1.47. The average molecular weight is 491 g/mol. The Morgan fingerprint density at radius 3 is 2.67 bits per heavy atom. The first-order valence-electron chi connectivity index (χ1n) is 11.6. The van der Waals surface area contributed by atoms with Gasteiger partial charge in [0.2, 0.25) is 0 Å². The molecule has 0 aliphatic heterocycles. The number of carbonyl (C=O) groups excluding carboxylic acids is 1. The van der Waals surface area contributed by atoms with E-state index in [-0.39, 0.29) is 23.6 Å². The highest BCUT2D eigenvalue weighted by molar-refractivity contribution is 5.90. The molecule has 1 fully saturated rings. The summed E-state index contributed by atoms with van der Waals surface area (Å²) >= 11 is 0. The van der Waals surface area contributed by atoms with Crippen LogP contribution in [0.5, 0.6) is 0 Å². The zero-order valence-electron chi connectivity index (χ0n) is 19.5. The third kappa shape index (κ3) is 4.72. The van der Waals surface area contributed by atoms with Crippen LogP contribution in [0.4, 0.5) is 25.1 Å². The molecule has 2 aromatic heterocycles. The van der Waals surface area contributed by atoms with E-state index in [1.807, 2.05) is 18.2 Å². The molecule has 2 amide bonds. The molecule has 184 valence electrons. The van der Waals surface area contributed by atoms with Crippen LogP contribution in [0.25, 0.3) is 28.2 Å². The van der Waals surface area contributed by atoms with Crippen LogP contribution in [0.1, 0.15) is 25.7 Å². The number of benzene rings is 2. The van der Waals surface area contributed by atoms with Gasteiger partial charge < -0.3 is 16.0 Å². The van der Waals surface area contributed by atoms with Gasteiger partial charge in [-0.25, -0.2) is 18.6 Å². The lowest BCUT2D eigenvalue weighted by atomic mass is 10.0. The lowest BCUT2D eigenvalue weighted by Crippen LogP contribution is -2.36. The molecule has 0 bridgehead atoms. The number of pyridine rings is 1. The fraction of sp³-hybridized carbons (Fsp3) is 0.240. The molecule has 1 aliphatic rings. The molecule has 0 saturated heterocycles. The van der Waals surface area contributed by atoms with Crippen LogP contribution in [0, 0.1) is 11.6 Å². The van der Waals surface area contributed by atoms with Crippen molar-refractivity contribution in [3.8, 4) is 28.2 Å². The van der Waals surface area contributed by atoms with Crippen molar-refractivity contribution in [2.45, 2.75) is 31.7 Å². The van der Waals surface area contributed by atoms with Gasteiger partial charge in [-0.1, -0.05) is 31.0 Å². The number of halogens is 2. The van der Waals surface area contributed by atoms with E-state index < -0.39 is 11.6 Å². The van der Waals surface area contributed by atoms with Crippen molar-refractivity contribution in [3.63, 3.8) is 0 Å². The molecule has 2 aromatic carbocycles. The van der Waals surface area contributed by atoms with E-state index in [1.165, 1.54) is 12.1 Å². The second kappa shape index (κ2) is 10.1. The number of carbonyl (C=O) groups is 1. The summed E-state index contributed by atoms with van der Waals surface area (Å²) in [5.41, 5.74) is 2.51. The molecule has 1 saturated carbocycles. The molecule has 1 aliphatic carbocycles. The van der Waals surface area contributed by atoms with Crippen molar-refractivity contribution in [3.05, 3.63) is 66.4 Å². The van der Waals surface area contributed by atoms with Crippen LogP contribution in [-0.2, 0) is 0 Å². The van der Waals surface area contributed by atoms with Gasteiger partial charge in [-0.05, 0) is 59.2 Å². The molecule has 4 aromatic rings. The fourth-order valence-electron chi connectivity index (χ4n) is 4.36. The predicted molar refractivity (Wildman–Crippen MR) is 132 cm³/mol. The van der Waals surface area contributed by atoms with E-state index in [2.05, 4.69) is 36.5 Å². The van der Waals surface area contributed by atoms with Crippen molar-refractivity contribution < 1.29 is 13.6 Å². The maximum Gasteiger partial charge on any atom is 0.319 e. The predicted octanol–water partition coefficient (Wildman–Crippen LogP) is 4.78. The monoisotopic (exact) mass is 490 g/mol. The summed E-state index contributed by atoms with van der Waals surface area (Å²) in [5.74, 6) is -1.42. The van der Waals surface area contributed by atoms with E-state index in [9.17, 15) is 13.6 Å². The van der Waals surface area contributed by atoms with Crippen LogP contribution in [0.3, 0.4) is 0 Å². The summed E-state index contributed by atoms with van der Waals surface area (Å²) < 4.78 is 29.5. The summed E-state index contributed by atoms with van der Waals surface area (Å²) in [6.45, 7) is 0. The standard InChI is InChI=1S/C25H24F2N8O/c1-28-23-19(24-32-33-34-35(24)21-11-5-10-20(26)22(21)27)13-16(14-29-23)15-6-4-9-18(12-15)31-25(36)30-17-7-2-3-8-17/h4-6,9-14,17H,2-3,7-8H2,1H3,(H,28,29)(H2,30,31,36). The topological polar surface area (TPSA) is 110 Å². The van der Waals surface area contributed by atoms with Crippen LogP contribution < -0.4 is 16.0 Å². The first-order valence-corrected chi connectivity index (χ1v) is 11.6. The minimum atomic E-state index is -1.06. The number of rotatable bonds is 6. The number of urea groups is 1. The van der Waals surface area contributed by atoms with E-state index in [0.29, 0.717) is 17.1 Å². The SMILES string of the molecule is CNc1ncc(-c2cccc(NC(=O)NC3CCCC3)c2)cc1-c1nnnn1-c1cccc(F)c1F. The summed E-state index contributed by atoms with van der Waals surface area (Å²) in [6, 6.07) is 12.9. The quantitative estimate of drug-likeness (QED) is 0.359. The number of anilines is 2. The Hall–Kier alpha value is -4.41. The molecule has 0 atom stereocenters. The summed E-state index contributed by atoms with van der Waals surface area (Å²) in [7, 11) is 1.69. The molecular formula is C25H24F2N8O. The molecule has 5 rings (SSSR count). The minimum absolute atomic E-state index is 0.123. The van der Waals surface area contributed by atoms with Crippen LogP contribution in [0.15, 0.2) is 54.7 Å². The van der Waals surface area contributed by atoms with Crippen molar-refractivity contribution in [2.75, 3.05) is 17.7 Å². The number of hydrogen-bond acceptors (Lipinski definition) is 6. The number of nitrogens with zero attached hydrogens (tertiary/aromatic N) is 5. The first kappa shape index (κ1) is 23.3. The number of aromatic nitrogens is 5. The normalized spacial score (nSPS) is 13.5. The molecular weight excluding hydrogens is 466 g/mol. The van der Waals surface area contributed by atoms with Crippen LogP contribution in [-0.4, -0.2) is 44.3 Å². The van der Waals surface area contributed by atoms with Gasteiger partial charge in [0.25, 0.3) is 0 Å². The third-order valence-electron chi connectivity index (χ3n) is 6.14. The van der Waals surface area contributed by atoms with E-state index >= 15 is 0 Å². The van der Waals surface area contributed by atoms with E-state index in [0.717, 1.165) is 47.6 Å². The maximum absolute atomic E-state index is 14.5. The Labute approximate surface area is 205 Å². The fourth-order valence-corrected chi connectivity index (χ4v) is 4.36. The lowest BCUT2D eigenvalue weighted by Gasteiger charge is -2.14. The third-order valence-corrected chi connectivity index (χ3v) is 6.14. The molecule has 2 heterocycles. The van der Waals surface area contributed by atoms with Crippen molar-refractivity contribution in [2.24, 2.45) is 0 Å². The number of tetrazole rings is 1. The largest absolute Gasteiger partial charge is 0.373 e. The van der Waals surface area contributed by atoms with Crippen LogP contribution in [0.2, 0.25) is 0 Å². The molecule has 0 radical (unpaired) electrons. The van der Waals surface area contributed by atoms with E-state index in [1.54, 1.807) is 25.4 Å². The zero-order valence-corrected chi connectivity index (χ0v) is 19.5. The highest BCUT2D eigenvalue weighted by Crippen LogP contribution is 2.32. The van der Waals surface area contributed by atoms with Crippen LogP contribution >= 0.6 is 0 Å². The van der Waals surface area contributed by atoms with Gasteiger partial charge in [-0.3, -0.25) is 0 Å². The number of amides is 2. The molecule has 9 nitrogen and oxygen atoms in total. The molecule has 3 N–H and O–H groups in total. The van der Waals surface area contributed by atoms with Gasteiger partial charge in [0, 0.05) is 30.5 Å². The minimum Gasteiger partial charge on any atom is -0.373 e. The summed E-state index contributed by atoms with van der Waals surface area (Å²) in [4.78, 5) is 16.9. The summed E-state index contributed by atoms with van der Waals surface area (Å²) in [6.07, 6.45) is 5.93. The Kier molecular flexibility index (Phi) is 6.52. The molecule has 0 spiro atoms. The second-order valence-corrected chi connectivity index (χ2v) is 8.52. The Morgan fingerprint density at radius 1 is 1.06 bits per heavy atom. The lowest BCUT2D eigenvalue weighted by molar-refractivity contribution is 0.248. The first-order chi connectivity index (χ1) is 17.5. The van der Waals surface area contributed by atoms with Crippen molar-refractivity contribution >= 4 is 17.5 Å². The molecule has 11 heteroatoms.